The van der Waals surface area contributed by atoms with Gasteiger partial charge in [-0.25, -0.2) is 4.99 Å². The topological polar surface area (TPSA) is 30.4 Å². The van der Waals surface area contributed by atoms with Gasteiger partial charge in [0.2, 0.25) is 0 Å². The van der Waals surface area contributed by atoms with E-state index in [0.29, 0.717) is 0 Å². The van der Waals surface area contributed by atoms with Gasteiger partial charge in [0.05, 0.1) is 21.8 Å². The maximum absolute atomic E-state index is 6.73. The first kappa shape index (κ1) is 23.1. The summed E-state index contributed by atoms with van der Waals surface area (Å²) in [4.78, 5) is 5.54. The molecule has 3 aromatic heterocycles. The third-order valence-electron chi connectivity index (χ3n) is 9.58. The number of hydrogen-bond donors (Lipinski definition) is 0. The molecule has 204 valence electrons. The Kier molecular flexibility index (Phi) is 4.15. The van der Waals surface area contributed by atoms with E-state index in [1.165, 1.54) is 53.0 Å². The second-order valence-corrected chi connectivity index (χ2v) is 12.9. The Bertz CT molecular complexity index is 2760. The molecule has 1 atom stereocenters. The fourth-order valence-electron chi connectivity index (χ4n) is 7.69. The lowest BCUT2D eigenvalue weighted by molar-refractivity contribution is 0.565. The van der Waals surface area contributed by atoms with Crippen LogP contribution in [-0.2, 0) is 5.66 Å². The molecule has 6 aromatic carbocycles. The zero-order valence-electron chi connectivity index (χ0n) is 23.4. The van der Waals surface area contributed by atoms with E-state index in [1.807, 2.05) is 17.4 Å². The molecule has 44 heavy (non-hydrogen) atoms. The van der Waals surface area contributed by atoms with Crippen molar-refractivity contribution in [1.82, 2.24) is 4.57 Å². The molecule has 0 amide bonds. The summed E-state index contributed by atoms with van der Waals surface area (Å²) in [7, 11) is 0. The van der Waals surface area contributed by atoms with Gasteiger partial charge in [-0.05, 0) is 53.6 Å². The van der Waals surface area contributed by atoms with Gasteiger partial charge < -0.3 is 8.98 Å². The van der Waals surface area contributed by atoms with E-state index in [-0.39, 0.29) is 0 Å². The maximum atomic E-state index is 6.73. The average molecular weight is 579 g/mol. The molecule has 0 spiro atoms. The third kappa shape index (κ3) is 2.75. The van der Waals surface area contributed by atoms with Crippen LogP contribution in [0.5, 0.6) is 0 Å². The molecule has 1 aliphatic carbocycles. The SMILES string of the molecule is C1=C2C(c3ccccc3)=c3ccccc3=NC12n1c2ccc3c4ccccc4oc3c2c2c3sc4ccccc4c3ccc21. The number of para-hydroxylation sites is 2. The van der Waals surface area contributed by atoms with E-state index in [2.05, 4.69) is 132 Å². The van der Waals surface area contributed by atoms with Crippen molar-refractivity contribution in [3.05, 3.63) is 155 Å². The summed E-state index contributed by atoms with van der Waals surface area (Å²) < 4.78 is 11.8. The highest BCUT2D eigenvalue weighted by atomic mass is 32.1. The van der Waals surface area contributed by atoms with Gasteiger partial charge in [0.15, 0.2) is 5.66 Å². The highest BCUT2D eigenvalue weighted by Gasteiger charge is 2.51. The minimum Gasteiger partial charge on any atom is -0.455 e. The second-order valence-electron chi connectivity index (χ2n) is 11.9. The fraction of sp³-hybridized carbons (Fsp3) is 0.0250. The number of hydrogen-bond acceptors (Lipinski definition) is 3. The predicted molar refractivity (Wildman–Crippen MR) is 182 cm³/mol. The van der Waals surface area contributed by atoms with Crippen molar-refractivity contribution in [3.8, 4) is 0 Å². The highest BCUT2D eigenvalue weighted by Crippen LogP contribution is 2.56. The zero-order chi connectivity index (χ0) is 28.6. The smallest absolute Gasteiger partial charge is 0.183 e. The minimum atomic E-state index is -0.608. The van der Waals surface area contributed by atoms with E-state index in [1.54, 1.807) is 0 Å². The third-order valence-corrected chi connectivity index (χ3v) is 10.8. The van der Waals surface area contributed by atoms with Crippen LogP contribution in [0.2, 0.25) is 0 Å². The van der Waals surface area contributed by atoms with Crippen LogP contribution >= 0.6 is 11.3 Å². The summed E-state index contributed by atoms with van der Waals surface area (Å²) in [6.45, 7) is 0. The number of thiophene rings is 1. The molecule has 0 saturated carbocycles. The van der Waals surface area contributed by atoms with Crippen molar-refractivity contribution >= 4 is 80.8 Å². The summed E-state index contributed by atoms with van der Waals surface area (Å²) in [5.41, 5.74) is 7.30. The fourth-order valence-corrected chi connectivity index (χ4v) is 8.94. The number of benzene rings is 6. The Hall–Kier alpha value is -5.45. The van der Waals surface area contributed by atoms with Gasteiger partial charge in [-0.3, -0.25) is 0 Å². The van der Waals surface area contributed by atoms with Crippen LogP contribution < -0.4 is 10.6 Å². The van der Waals surface area contributed by atoms with E-state index in [9.17, 15) is 0 Å². The average Bonchev–Trinajstić information content (AvgIpc) is 3.34. The van der Waals surface area contributed by atoms with Crippen LogP contribution in [0, 0.1) is 0 Å². The molecule has 4 heterocycles. The second kappa shape index (κ2) is 7.93. The Balaban J connectivity index is 1.32. The summed E-state index contributed by atoms with van der Waals surface area (Å²) in [6, 6.07) is 45.6. The first-order valence-electron chi connectivity index (χ1n) is 15.0. The molecule has 9 aromatic rings. The normalized spacial score (nSPS) is 17.5. The minimum absolute atomic E-state index is 0.608. The summed E-state index contributed by atoms with van der Waals surface area (Å²) in [6.07, 6.45) is 2.35. The van der Waals surface area contributed by atoms with Crippen LogP contribution in [0.15, 0.2) is 148 Å². The molecule has 0 bridgehead atoms. The molecular weight excluding hydrogens is 557 g/mol. The molecule has 0 fully saturated rings. The highest BCUT2D eigenvalue weighted by molar-refractivity contribution is 7.26. The van der Waals surface area contributed by atoms with E-state index in [0.717, 1.165) is 38.2 Å². The number of rotatable bonds is 2. The first-order chi connectivity index (χ1) is 21.8. The van der Waals surface area contributed by atoms with Gasteiger partial charge in [0, 0.05) is 47.1 Å². The lowest BCUT2D eigenvalue weighted by Crippen LogP contribution is -2.36. The molecule has 1 aliphatic heterocycles. The van der Waals surface area contributed by atoms with Crippen molar-refractivity contribution in [2.75, 3.05) is 0 Å². The Morgan fingerprint density at radius 2 is 1.34 bits per heavy atom. The number of furan rings is 1. The monoisotopic (exact) mass is 578 g/mol. The molecule has 3 nitrogen and oxygen atoms in total. The predicted octanol–water partition coefficient (Wildman–Crippen LogP) is 9.19. The van der Waals surface area contributed by atoms with Crippen molar-refractivity contribution in [2.45, 2.75) is 5.66 Å². The zero-order valence-corrected chi connectivity index (χ0v) is 24.2. The Morgan fingerprint density at radius 1 is 0.614 bits per heavy atom. The lowest BCUT2D eigenvalue weighted by Gasteiger charge is -2.24. The van der Waals surface area contributed by atoms with Gasteiger partial charge in [0.1, 0.15) is 11.2 Å². The molecule has 0 saturated heterocycles. The van der Waals surface area contributed by atoms with Crippen LogP contribution in [0.4, 0.5) is 0 Å². The van der Waals surface area contributed by atoms with E-state index in [4.69, 9.17) is 9.41 Å². The van der Waals surface area contributed by atoms with Gasteiger partial charge in [-0.2, -0.15) is 0 Å². The summed E-state index contributed by atoms with van der Waals surface area (Å²) >= 11 is 1.87. The van der Waals surface area contributed by atoms with Crippen LogP contribution in [0.1, 0.15) is 5.56 Å². The Morgan fingerprint density at radius 3 is 2.25 bits per heavy atom. The summed E-state index contributed by atoms with van der Waals surface area (Å²) in [5.74, 6) is 0. The molecule has 2 aliphatic rings. The maximum Gasteiger partial charge on any atom is 0.183 e. The van der Waals surface area contributed by atoms with Crippen LogP contribution in [0.25, 0.3) is 69.5 Å². The van der Waals surface area contributed by atoms with E-state index < -0.39 is 5.66 Å². The van der Waals surface area contributed by atoms with E-state index >= 15 is 0 Å². The van der Waals surface area contributed by atoms with Crippen molar-refractivity contribution < 1.29 is 4.42 Å². The first-order valence-corrected chi connectivity index (χ1v) is 15.8. The molecule has 1 unspecified atom stereocenters. The van der Waals surface area contributed by atoms with Crippen LogP contribution in [-0.4, -0.2) is 4.57 Å². The summed E-state index contributed by atoms with van der Waals surface area (Å²) in [5, 5.41) is 9.49. The number of aromatic nitrogens is 1. The number of nitrogens with zero attached hydrogens (tertiary/aromatic N) is 2. The van der Waals surface area contributed by atoms with Gasteiger partial charge >= 0.3 is 0 Å². The molecule has 4 heteroatoms. The quantitative estimate of drug-likeness (QED) is 0.201. The molecule has 11 rings (SSSR count). The van der Waals surface area contributed by atoms with Gasteiger partial charge in [-0.15, -0.1) is 11.3 Å². The van der Waals surface area contributed by atoms with Gasteiger partial charge in [0.25, 0.3) is 0 Å². The lowest BCUT2D eigenvalue weighted by atomic mass is 9.96. The van der Waals surface area contributed by atoms with Crippen molar-refractivity contribution in [1.29, 1.82) is 0 Å². The van der Waals surface area contributed by atoms with Crippen LogP contribution in [0.3, 0.4) is 0 Å². The molecular formula is C40H22N2OS. The largest absolute Gasteiger partial charge is 0.455 e. The van der Waals surface area contributed by atoms with Gasteiger partial charge in [-0.1, -0.05) is 91.0 Å². The molecule has 0 radical (unpaired) electrons. The standard InChI is InChI=1S/C40H22N2OS/c1-2-10-23(11-3-1)35-28-14-4-7-15-30(28)41-40(22-29(35)40)42-31-20-18-26-24-12-5-8-16-33(24)43-38(26)36(31)37-32(42)21-19-27-25-13-6-9-17-34(25)44-39(27)37/h1-22H. The number of fused-ring (bicyclic) bond motifs is 13. The molecule has 0 N–H and O–H groups in total. The van der Waals surface area contributed by atoms with Crippen molar-refractivity contribution in [2.24, 2.45) is 4.99 Å². The van der Waals surface area contributed by atoms with Crippen molar-refractivity contribution in [3.63, 3.8) is 0 Å². The Labute approximate surface area is 254 Å².